The highest BCUT2D eigenvalue weighted by atomic mass is 127. The number of hydrogen-bond donors (Lipinski definition) is 1. The van der Waals surface area contributed by atoms with Crippen molar-refractivity contribution in [3.05, 3.63) is 37.8 Å². The number of ether oxygens (including phenoxy) is 2. The van der Waals surface area contributed by atoms with Crippen LogP contribution in [0.3, 0.4) is 0 Å². The van der Waals surface area contributed by atoms with Crippen LogP contribution in [0, 0.1) is 10.5 Å². The average molecular weight is 372 g/mol. The summed E-state index contributed by atoms with van der Waals surface area (Å²) < 4.78 is 11.0. The molecule has 0 aliphatic rings. The van der Waals surface area contributed by atoms with E-state index < -0.39 is 0 Å². The molecule has 0 unspecified atom stereocenters. The number of H-pyrrole nitrogens is 1. The Hall–Kier alpha value is -1.57. The molecule has 6 heteroatoms. The number of nitrogens with one attached hydrogen (secondary N) is 1. The third kappa shape index (κ3) is 2.73. The van der Waals surface area contributed by atoms with E-state index in [1.807, 2.05) is 28.7 Å². The first-order chi connectivity index (χ1) is 9.06. The molecular formula is C13H13IN2O3. The molecule has 0 fully saturated rings. The number of aryl methyl sites for hydroxylation is 1. The van der Waals surface area contributed by atoms with Crippen molar-refractivity contribution in [2.75, 3.05) is 14.2 Å². The lowest BCUT2D eigenvalue weighted by Gasteiger charge is -2.10. The molecule has 0 atom stereocenters. The lowest BCUT2D eigenvalue weighted by atomic mass is 10.1. The Morgan fingerprint density at radius 1 is 1.26 bits per heavy atom. The van der Waals surface area contributed by atoms with Crippen LogP contribution < -0.4 is 15.0 Å². The first kappa shape index (κ1) is 13.9. The predicted molar refractivity (Wildman–Crippen MR) is 80.9 cm³/mol. The van der Waals surface area contributed by atoms with E-state index in [4.69, 9.17) is 9.47 Å². The number of aromatic amines is 1. The molecule has 2 aromatic rings. The van der Waals surface area contributed by atoms with Gasteiger partial charge in [0.2, 0.25) is 0 Å². The van der Waals surface area contributed by atoms with Crippen molar-refractivity contribution in [3.8, 4) is 22.9 Å². The lowest BCUT2D eigenvalue weighted by molar-refractivity contribution is 0.395. The van der Waals surface area contributed by atoms with Crippen molar-refractivity contribution in [2.45, 2.75) is 6.92 Å². The lowest BCUT2D eigenvalue weighted by Crippen LogP contribution is -2.14. The van der Waals surface area contributed by atoms with Crippen LogP contribution in [-0.2, 0) is 0 Å². The molecule has 0 saturated heterocycles. The number of benzene rings is 1. The summed E-state index contributed by atoms with van der Waals surface area (Å²) in [5, 5.41) is 0. The minimum Gasteiger partial charge on any atom is -0.497 e. The van der Waals surface area contributed by atoms with E-state index in [2.05, 4.69) is 9.97 Å². The third-order valence-electron chi connectivity index (χ3n) is 2.69. The zero-order valence-electron chi connectivity index (χ0n) is 10.8. The second-order valence-electron chi connectivity index (χ2n) is 3.88. The van der Waals surface area contributed by atoms with Gasteiger partial charge in [-0.05, 0) is 41.6 Å². The maximum atomic E-state index is 11.8. The Morgan fingerprint density at radius 3 is 2.58 bits per heavy atom. The van der Waals surface area contributed by atoms with Crippen LogP contribution in [-0.4, -0.2) is 24.2 Å². The maximum Gasteiger partial charge on any atom is 0.264 e. The maximum absolute atomic E-state index is 11.8. The van der Waals surface area contributed by atoms with Gasteiger partial charge < -0.3 is 14.5 Å². The van der Waals surface area contributed by atoms with Crippen LogP contribution in [0.5, 0.6) is 11.5 Å². The molecule has 100 valence electrons. The Labute approximate surface area is 124 Å². The fourth-order valence-corrected chi connectivity index (χ4v) is 1.95. The molecule has 0 saturated carbocycles. The normalized spacial score (nSPS) is 10.3. The standard InChI is InChI=1S/C13H13IN2O3/c1-7-11(14)13(17)16-12(15-7)9-5-4-8(18-2)6-10(9)19-3/h4-6H,1-3H3,(H,15,16,17). The molecule has 19 heavy (non-hydrogen) atoms. The van der Waals surface area contributed by atoms with Gasteiger partial charge in [-0.25, -0.2) is 4.98 Å². The van der Waals surface area contributed by atoms with Gasteiger partial charge in [0.25, 0.3) is 5.56 Å². The van der Waals surface area contributed by atoms with Crippen LogP contribution in [0.15, 0.2) is 23.0 Å². The molecule has 1 N–H and O–H groups in total. The molecule has 0 spiro atoms. The summed E-state index contributed by atoms with van der Waals surface area (Å²) in [6.45, 7) is 1.80. The van der Waals surface area contributed by atoms with Gasteiger partial charge in [0.1, 0.15) is 17.3 Å². The van der Waals surface area contributed by atoms with E-state index in [0.717, 1.165) is 5.56 Å². The highest BCUT2D eigenvalue weighted by Gasteiger charge is 2.12. The SMILES string of the molecule is COc1ccc(-c2nc(C)c(I)c(=O)[nH]2)c(OC)c1. The van der Waals surface area contributed by atoms with Crippen LogP contribution in [0.1, 0.15) is 5.69 Å². The van der Waals surface area contributed by atoms with E-state index in [9.17, 15) is 4.79 Å². The fraction of sp³-hybridized carbons (Fsp3) is 0.231. The second-order valence-corrected chi connectivity index (χ2v) is 4.96. The van der Waals surface area contributed by atoms with Gasteiger partial charge in [-0.3, -0.25) is 4.79 Å². The third-order valence-corrected chi connectivity index (χ3v) is 3.96. The molecule has 0 aliphatic heterocycles. The summed E-state index contributed by atoms with van der Waals surface area (Å²) in [7, 11) is 3.15. The first-order valence-electron chi connectivity index (χ1n) is 5.55. The fourth-order valence-electron chi connectivity index (χ4n) is 1.69. The quantitative estimate of drug-likeness (QED) is 0.841. The Bertz CT molecular complexity index is 667. The van der Waals surface area contributed by atoms with E-state index in [0.29, 0.717) is 26.6 Å². The van der Waals surface area contributed by atoms with E-state index in [-0.39, 0.29) is 5.56 Å². The number of rotatable bonds is 3. The summed E-state index contributed by atoms with van der Waals surface area (Å²) in [6.07, 6.45) is 0. The summed E-state index contributed by atoms with van der Waals surface area (Å²) in [6, 6.07) is 5.36. The van der Waals surface area contributed by atoms with E-state index >= 15 is 0 Å². The molecule has 2 rings (SSSR count). The number of hydrogen-bond acceptors (Lipinski definition) is 4. The van der Waals surface area contributed by atoms with Crippen molar-refractivity contribution < 1.29 is 9.47 Å². The van der Waals surface area contributed by atoms with Gasteiger partial charge in [-0.15, -0.1) is 0 Å². The minimum atomic E-state index is -0.152. The molecule has 1 aromatic heterocycles. The van der Waals surface area contributed by atoms with Gasteiger partial charge in [-0.2, -0.15) is 0 Å². The zero-order valence-corrected chi connectivity index (χ0v) is 12.9. The molecule has 1 heterocycles. The van der Waals surface area contributed by atoms with Crippen LogP contribution in [0.25, 0.3) is 11.4 Å². The number of aromatic nitrogens is 2. The van der Waals surface area contributed by atoms with Crippen molar-refractivity contribution in [1.82, 2.24) is 9.97 Å². The first-order valence-corrected chi connectivity index (χ1v) is 6.63. The molecule has 0 radical (unpaired) electrons. The summed E-state index contributed by atoms with van der Waals surface area (Å²) >= 11 is 1.98. The Balaban J connectivity index is 2.62. The summed E-state index contributed by atoms with van der Waals surface area (Å²) in [5.41, 5.74) is 1.26. The van der Waals surface area contributed by atoms with Crippen molar-refractivity contribution in [2.24, 2.45) is 0 Å². The highest BCUT2D eigenvalue weighted by molar-refractivity contribution is 14.1. The number of methoxy groups -OCH3 is 2. The zero-order chi connectivity index (χ0) is 14.0. The summed E-state index contributed by atoms with van der Waals surface area (Å²) in [5.74, 6) is 1.77. The number of nitrogens with zero attached hydrogens (tertiary/aromatic N) is 1. The van der Waals surface area contributed by atoms with Gasteiger partial charge in [-0.1, -0.05) is 0 Å². The Kier molecular flexibility index (Phi) is 4.08. The minimum absolute atomic E-state index is 0.152. The van der Waals surface area contributed by atoms with Crippen molar-refractivity contribution >= 4 is 22.6 Å². The van der Waals surface area contributed by atoms with Gasteiger partial charge in [0.15, 0.2) is 0 Å². The Morgan fingerprint density at radius 2 is 2.00 bits per heavy atom. The number of halogens is 1. The van der Waals surface area contributed by atoms with Gasteiger partial charge in [0, 0.05) is 6.07 Å². The van der Waals surface area contributed by atoms with Crippen LogP contribution >= 0.6 is 22.6 Å². The topological polar surface area (TPSA) is 64.2 Å². The van der Waals surface area contributed by atoms with Crippen LogP contribution in [0.4, 0.5) is 0 Å². The smallest absolute Gasteiger partial charge is 0.264 e. The van der Waals surface area contributed by atoms with Crippen LogP contribution in [0.2, 0.25) is 0 Å². The van der Waals surface area contributed by atoms with Gasteiger partial charge >= 0.3 is 0 Å². The van der Waals surface area contributed by atoms with E-state index in [1.54, 1.807) is 33.3 Å². The molecule has 0 amide bonds. The monoisotopic (exact) mass is 372 g/mol. The molecule has 0 aliphatic carbocycles. The molecule has 1 aromatic carbocycles. The van der Waals surface area contributed by atoms with Gasteiger partial charge in [0.05, 0.1) is 29.0 Å². The predicted octanol–water partition coefficient (Wildman–Crippen LogP) is 2.37. The average Bonchev–Trinajstić information content (AvgIpc) is 2.43. The second kappa shape index (κ2) is 5.60. The van der Waals surface area contributed by atoms with Crippen molar-refractivity contribution in [3.63, 3.8) is 0 Å². The van der Waals surface area contributed by atoms with Crippen molar-refractivity contribution in [1.29, 1.82) is 0 Å². The van der Waals surface area contributed by atoms with E-state index in [1.165, 1.54) is 0 Å². The largest absolute Gasteiger partial charge is 0.497 e. The molecule has 5 nitrogen and oxygen atoms in total. The highest BCUT2D eigenvalue weighted by Crippen LogP contribution is 2.31. The summed E-state index contributed by atoms with van der Waals surface area (Å²) in [4.78, 5) is 18.9. The molecule has 0 bridgehead atoms. The molecular weight excluding hydrogens is 359 g/mol.